The van der Waals surface area contributed by atoms with Crippen LogP contribution in [0.15, 0.2) is 18.2 Å². The Hall–Kier alpha value is -1.58. The third kappa shape index (κ3) is 2.46. The van der Waals surface area contributed by atoms with Gasteiger partial charge < -0.3 is 4.90 Å². The molecule has 0 atom stereocenters. The smallest absolute Gasteiger partial charge is 0.274 e. The largest absolute Gasteiger partial charge is 0.372 e. The lowest BCUT2D eigenvalue weighted by molar-refractivity contribution is -0.385. The van der Waals surface area contributed by atoms with Crippen LogP contribution in [0, 0.1) is 17.0 Å². The van der Waals surface area contributed by atoms with Gasteiger partial charge in [0.2, 0.25) is 0 Å². The molecule has 0 aromatic heterocycles. The van der Waals surface area contributed by atoms with Crippen LogP contribution in [0.3, 0.4) is 0 Å². The maximum absolute atomic E-state index is 10.8. The second-order valence-corrected chi connectivity index (χ2v) is 3.40. The van der Waals surface area contributed by atoms with Crippen LogP contribution in [0.25, 0.3) is 0 Å². The van der Waals surface area contributed by atoms with Crippen LogP contribution in [0.4, 0.5) is 11.4 Å². The van der Waals surface area contributed by atoms with E-state index in [1.807, 2.05) is 19.9 Å². The van der Waals surface area contributed by atoms with Gasteiger partial charge in [0.15, 0.2) is 0 Å². The van der Waals surface area contributed by atoms with Crippen molar-refractivity contribution in [1.82, 2.24) is 0 Å². The molecule has 0 amide bonds. The highest BCUT2D eigenvalue weighted by Gasteiger charge is 2.12. The molecule has 15 heavy (non-hydrogen) atoms. The molecule has 82 valence electrons. The molecule has 1 aromatic rings. The fourth-order valence-corrected chi connectivity index (χ4v) is 1.58. The van der Waals surface area contributed by atoms with Crippen molar-refractivity contribution in [1.29, 1.82) is 0 Å². The number of benzene rings is 1. The monoisotopic (exact) mass is 208 g/mol. The van der Waals surface area contributed by atoms with E-state index in [-0.39, 0.29) is 10.6 Å². The number of aryl methyl sites for hydroxylation is 1. The number of nitrogens with zero attached hydrogens (tertiary/aromatic N) is 2. The van der Waals surface area contributed by atoms with Crippen LogP contribution in [-0.4, -0.2) is 18.0 Å². The number of nitro groups is 1. The quantitative estimate of drug-likeness (QED) is 0.564. The molecule has 0 radical (unpaired) electrons. The van der Waals surface area contributed by atoms with E-state index in [4.69, 9.17) is 0 Å². The molecule has 1 aromatic carbocycles. The van der Waals surface area contributed by atoms with Crippen LogP contribution < -0.4 is 4.90 Å². The Balaban J connectivity index is 3.11. The zero-order valence-corrected chi connectivity index (χ0v) is 9.36. The second-order valence-electron chi connectivity index (χ2n) is 3.40. The second kappa shape index (κ2) is 4.77. The first-order valence-electron chi connectivity index (χ1n) is 5.10. The lowest BCUT2D eigenvalue weighted by Crippen LogP contribution is -2.21. The van der Waals surface area contributed by atoms with Gasteiger partial charge in [0.1, 0.15) is 0 Å². The van der Waals surface area contributed by atoms with Gasteiger partial charge in [-0.25, -0.2) is 0 Å². The topological polar surface area (TPSA) is 46.4 Å². The third-order valence-corrected chi connectivity index (χ3v) is 2.52. The van der Waals surface area contributed by atoms with Crippen molar-refractivity contribution in [2.24, 2.45) is 0 Å². The Labute approximate surface area is 89.7 Å². The number of anilines is 1. The fourth-order valence-electron chi connectivity index (χ4n) is 1.58. The van der Waals surface area contributed by atoms with Crippen LogP contribution in [0.2, 0.25) is 0 Å². The van der Waals surface area contributed by atoms with Gasteiger partial charge in [-0.15, -0.1) is 0 Å². The SMILES string of the molecule is CCN(CC)c1ccc(C)c([N+](=O)[O-])c1. The Kier molecular flexibility index (Phi) is 3.66. The summed E-state index contributed by atoms with van der Waals surface area (Å²) in [5.41, 5.74) is 1.81. The normalized spacial score (nSPS) is 10.1. The Bertz CT molecular complexity index is 360. The molecule has 0 aliphatic rings. The molecule has 0 saturated carbocycles. The summed E-state index contributed by atoms with van der Waals surface area (Å²) in [7, 11) is 0. The summed E-state index contributed by atoms with van der Waals surface area (Å²) < 4.78 is 0. The highest BCUT2D eigenvalue weighted by Crippen LogP contribution is 2.24. The van der Waals surface area contributed by atoms with Gasteiger partial charge in [-0.3, -0.25) is 10.1 Å². The van der Waals surface area contributed by atoms with E-state index < -0.39 is 0 Å². The van der Waals surface area contributed by atoms with Gasteiger partial charge >= 0.3 is 0 Å². The minimum Gasteiger partial charge on any atom is -0.372 e. The zero-order valence-electron chi connectivity index (χ0n) is 9.36. The average molecular weight is 208 g/mol. The molecule has 1 rings (SSSR count). The number of hydrogen-bond donors (Lipinski definition) is 0. The molecule has 0 unspecified atom stereocenters. The Morgan fingerprint density at radius 3 is 2.40 bits per heavy atom. The van der Waals surface area contributed by atoms with Gasteiger partial charge in [0.05, 0.1) is 4.92 Å². The summed E-state index contributed by atoms with van der Waals surface area (Å²) in [6.45, 7) is 7.54. The summed E-state index contributed by atoms with van der Waals surface area (Å²) in [5, 5.41) is 10.8. The molecular weight excluding hydrogens is 192 g/mol. The lowest BCUT2D eigenvalue weighted by Gasteiger charge is -2.20. The van der Waals surface area contributed by atoms with Crippen molar-refractivity contribution >= 4 is 11.4 Å². The van der Waals surface area contributed by atoms with E-state index >= 15 is 0 Å². The summed E-state index contributed by atoms with van der Waals surface area (Å²) in [5.74, 6) is 0. The lowest BCUT2D eigenvalue weighted by atomic mass is 10.1. The van der Waals surface area contributed by atoms with Crippen molar-refractivity contribution < 1.29 is 4.92 Å². The Morgan fingerprint density at radius 2 is 1.93 bits per heavy atom. The molecule has 0 bridgehead atoms. The predicted octanol–water partition coefficient (Wildman–Crippen LogP) is 2.75. The fraction of sp³-hybridized carbons (Fsp3) is 0.455. The van der Waals surface area contributed by atoms with E-state index in [9.17, 15) is 10.1 Å². The number of nitro benzene ring substituents is 1. The third-order valence-electron chi connectivity index (χ3n) is 2.52. The summed E-state index contributed by atoms with van der Waals surface area (Å²) in [6.07, 6.45) is 0. The number of hydrogen-bond acceptors (Lipinski definition) is 3. The first kappa shape index (κ1) is 11.5. The first-order valence-corrected chi connectivity index (χ1v) is 5.10. The standard InChI is InChI=1S/C11H16N2O2/c1-4-12(5-2)10-7-6-9(3)11(8-10)13(14)15/h6-8H,4-5H2,1-3H3. The maximum Gasteiger partial charge on any atom is 0.274 e. The van der Waals surface area contributed by atoms with Crippen LogP contribution in [-0.2, 0) is 0 Å². The zero-order chi connectivity index (χ0) is 11.4. The van der Waals surface area contributed by atoms with E-state index in [0.717, 1.165) is 18.8 Å². The highest BCUT2D eigenvalue weighted by molar-refractivity contribution is 5.56. The van der Waals surface area contributed by atoms with E-state index in [1.165, 1.54) is 0 Å². The van der Waals surface area contributed by atoms with Crippen molar-refractivity contribution in [3.63, 3.8) is 0 Å². The summed E-state index contributed by atoms with van der Waals surface area (Å²) in [4.78, 5) is 12.5. The van der Waals surface area contributed by atoms with Crippen molar-refractivity contribution in [2.75, 3.05) is 18.0 Å². The van der Waals surface area contributed by atoms with Crippen molar-refractivity contribution in [3.8, 4) is 0 Å². The van der Waals surface area contributed by atoms with Crippen molar-refractivity contribution in [3.05, 3.63) is 33.9 Å². The minimum atomic E-state index is -0.331. The highest BCUT2D eigenvalue weighted by atomic mass is 16.6. The van der Waals surface area contributed by atoms with Crippen molar-refractivity contribution in [2.45, 2.75) is 20.8 Å². The van der Waals surface area contributed by atoms with Crippen LogP contribution in [0.1, 0.15) is 19.4 Å². The molecule has 4 nitrogen and oxygen atoms in total. The summed E-state index contributed by atoms with van der Waals surface area (Å²) >= 11 is 0. The van der Waals surface area contributed by atoms with Crippen LogP contribution >= 0.6 is 0 Å². The molecule has 0 spiro atoms. The molecule has 0 fully saturated rings. The minimum absolute atomic E-state index is 0.194. The van der Waals surface area contributed by atoms with Crippen LogP contribution in [0.5, 0.6) is 0 Å². The molecule has 0 heterocycles. The van der Waals surface area contributed by atoms with Gasteiger partial charge in [0, 0.05) is 30.4 Å². The van der Waals surface area contributed by atoms with Gasteiger partial charge in [-0.2, -0.15) is 0 Å². The van der Waals surface area contributed by atoms with Gasteiger partial charge in [-0.1, -0.05) is 6.07 Å². The maximum atomic E-state index is 10.8. The Morgan fingerprint density at radius 1 is 1.33 bits per heavy atom. The average Bonchev–Trinajstić information content (AvgIpc) is 2.21. The predicted molar refractivity (Wildman–Crippen MR) is 61.4 cm³/mol. The molecule has 4 heteroatoms. The summed E-state index contributed by atoms with van der Waals surface area (Å²) in [6, 6.07) is 5.36. The van der Waals surface area contributed by atoms with E-state index in [1.54, 1.807) is 19.1 Å². The molecule has 0 aliphatic carbocycles. The van der Waals surface area contributed by atoms with Gasteiger partial charge in [-0.05, 0) is 26.8 Å². The van der Waals surface area contributed by atoms with E-state index in [0.29, 0.717) is 5.56 Å². The molecule has 0 N–H and O–H groups in total. The molecule has 0 aliphatic heterocycles. The first-order chi connectivity index (χ1) is 7.10. The van der Waals surface area contributed by atoms with E-state index in [2.05, 4.69) is 4.90 Å². The van der Waals surface area contributed by atoms with Gasteiger partial charge in [0.25, 0.3) is 5.69 Å². The molecular formula is C11H16N2O2. The number of rotatable bonds is 4. The molecule has 0 saturated heterocycles.